The fraction of sp³-hybridized carbons (Fsp3) is 1.00. The minimum absolute atomic E-state index is 0.247. The van der Waals surface area contributed by atoms with E-state index >= 15 is 0 Å². The highest BCUT2D eigenvalue weighted by atomic mass is 28.4. The molecule has 0 rings (SSSR count). The lowest BCUT2D eigenvalue weighted by Crippen LogP contribution is -2.68. The van der Waals surface area contributed by atoms with Gasteiger partial charge < -0.3 is 13.3 Å². The van der Waals surface area contributed by atoms with Gasteiger partial charge in [-0.05, 0) is 20.8 Å². The van der Waals surface area contributed by atoms with E-state index in [4.69, 9.17) is 13.3 Å². The van der Waals surface area contributed by atoms with E-state index in [9.17, 15) is 52.7 Å². The molecule has 30 heavy (non-hydrogen) atoms. The molecule has 0 atom stereocenters. The van der Waals surface area contributed by atoms with Gasteiger partial charge in [0.25, 0.3) is 0 Å². The Bertz CT molecular complexity index is 527. The van der Waals surface area contributed by atoms with Crippen molar-refractivity contribution in [2.45, 2.75) is 69.3 Å². The highest BCUT2D eigenvalue weighted by Crippen LogP contribution is 2.59. The van der Waals surface area contributed by atoms with Crippen LogP contribution in [0.3, 0.4) is 0 Å². The highest BCUT2D eigenvalue weighted by molar-refractivity contribution is 6.60. The van der Waals surface area contributed by atoms with Crippen LogP contribution in [-0.4, -0.2) is 64.7 Å². The van der Waals surface area contributed by atoms with Crippen LogP contribution in [0.5, 0.6) is 0 Å². The van der Waals surface area contributed by atoms with Crippen LogP contribution in [0.4, 0.5) is 52.7 Å². The van der Waals surface area contributed by atoms with Crippen molar-refractivity contribution >= 4 is 8.80 Å². The van der Waals surface area contributed by atoms with Crippen LogP contribution in [0.25, 0.3) is 0 Å². The fourth-order valence-electron chi connectivity index (χ4n) is 2.24. The van der Waals surface area contributed by atoms with Crippen LogP contribution in [0.1, 0.15) is 27.2 Å². The normalized spacial score (nSPS) is 15.2. The molecule has 0 heterocycles. The van der Waals surface area contributed by atoms with Gasteiger partial charge in [0.2, 0.25) is 0 Å². The Labute approximate surface area is 165 Å². The van der Waals surface area contributed by atoms with Gasteiger partial charge in [0.1, 0.15) is 0 Å². The van der Waals surface area contributed by atoms with E-state index in [-0.39, 0.29) is 19.8 Å². The topological polar surface area (TPSA) is 27.7 Å². The Balaban J connectivity index is 5.99. The van der Waals surface area contributed by atoms with Gasteiger partial charge in [-0.2, -0.15) is 43.9 Å². The van der Waals surface area contributed by atoms with Crippen molar-refractivity contribution in [3.63, 3.8) is 0 Å². The maximum atomic E-state index is 13.9. The highest BCUT2D eigenvalue weighted by Gasteiger charge is 2.87. The Morgan fingerprint density at radius 3 is 1.30 bits per heavy atom. The molecule has 0 N–H and O–H groups in total. The first-order valence-electron chi connectivity index (χ1n) is 8.42. The molecule has 0 amide bonds. The molecule has 0 aromatic rings. The first-order chi connectivity index (χ1) is 13.3. The van der Waals surface area contributed by atoms with Gasteiger partial charge >= 0.3 is 44.8 Å². The molecule has 0 radical (unpaired) electrons. The largest absolute Gasteiger partial charge is 0.501 e. The van der Waals surface area contributed by atoms with Gasteiger partial charge in [-0.3, -0.25) is 0 Å². The molecule has 182 valence electrons. The molecule has 0 bridgehead atoms. The maximum absolute atomic E-state index is 13.9. The smallest absolute Gasteiger partial charge is 0.374 e. The van der Waals surface area contributed by atoms with Crippen LogP contribution < -0.4 is 0 Å². The van der Waals surface area contributed by atoms with Gasteiger partial charge in [-0.25, -0.2) is 8.78 Å². The van der Waals surface area contributed by atoms with Crippen molar-refractivity contribution in [3.8, 4) is 0 Å². The second kappa shape index (κ2) is 9.81. The molecule has 0 unspecified atom stereocenters. The Kier molecular flexibility index (Phi) is 9.57. The van der Waals surface area contributed by atoms with Gasteiger partial charge in [-0.15, -0.1) is 0 Å². The summed E-state index contributed by atoms with van der Waals surface area (Å²) in [4.78, 5) is 0. The van der Waals surface area contributed by atoms with E-state index in [2.05, 4.69) is 0 Å². The number of hydrogen-bond donors (Lipinski definition) is 0. The third-order valence-corrected chi connectivity index (χ3v) is 6.83. The quantitative estimate of drug-likeness (QED) is 0.224. The van der Waals surface area contributed by atoms with E-state index in [1.807, 2.05) is 0 Å². The number of alkyl halides is 12. The van der Waals surface area contributed by atoms with E-state index in [1.54, 1.807) is 0 Å². The minimum Gasteiger partial charge on any atom is -0.374 e. The number of halogens is 12. The lowest BCUT2D eigenvalue weighted by atomic mass is 9.93. The Hall–Kier alpha value is -0.743. The summed E-state index contributed by atoms with van der Waals surface area (Å²) in [5, 5.41) is 0. The zero-order chi connectivity index (χ0) is 24.2. The van der Waals surface area contributed by atoms with Gasteiger partial charge in [0.15, 0.2) is 0 Å². The number of rotatable bonds is 14. The molecule has 0 saturated heterocycles. The molecule has 0 saturated carbocycles. The van der Waals surface area contributed by atoms with Crippen LogP contribution in [0, 0.1) is 0 Å². The van der Waals surface area contributed by atoms with Crippen molar-refractivity contribution in [2.75, 3.05) is 19.8 Å². The summed E-state index contributed by atoms with van der Waals surface area (Å²) in [6, 6.07) is -1.28. The van der Waals surface area contributed by atoms with Crippen LogP contribution >= 0.6 is 0 Å². The summed E-state index contributed by atoms with van der Waals surface area (Å²) in [6.07, 6.45) is -7.84. The molecular weight excluding hydrogens is 472 g/mol. The summed E-state index contributed by atoms with van der Waals surface area (Å²) in [5.74, 6) is -35.3. The van der Waals surface area contributed by atoms with Crippen molar-refractivity contribution < 1.29 is 66.0 Å². The lowest BCUT2D eigenvalue weighted by Gasteiger charge is -2.39. The third-order valence-electron chi connectivity index (χ3n) is 3.78. The average molecular weight is 492 g/mol. The second-order valence-corrected chi connectivity index (χ2v) is 8.57. The molecule has 0 spiro atoms. The molecule has 3 nitrogen and oxygen atoms in total. The molecule has 0 fully saturated rings. The van der Waals surface area contributed by atoms with Crippen molar-refractivity contribution in [1.82, 2.24) is 0 Å². The number of hydrogen-bond acceptors (Lipinski definition) is 3. The first-order valence-corrected chi connectivity index (χ1v) is 10.4. The summed E-state index contributed by atoms with van der Waals surface area (Å²) >= 11 is 0. The second-order valence-electron chi connectivity index (χ2n) is 5.83. The predicted molar refractivity (Wildman–Crippen MR) is 80.8 cm³/mol. The zero-order valence-electron chi connectivity index (χ0n) is 15.9. The predicted octanol–water partition coefficient (Wildman–Crippen LogP) is 5.87. The molecule has 0 aromatic carbocycles. The van der Waals surface area contributed by atoms with Crippen LogP contribution in [-0.2, 0) is 13.3 Å². The Morgan fingerprint density at radius 1 is 0.633 bits per heavy atom. The SMILES string of the molecule is CCO[Si](CCC(F)(F)C(F)(F)C(F)(F)C(F)(F)C(F)(F)C(F)F)(OCC)OCC. The summed E-state index contributed by atoms with van der Waals surface area (Å²) in [6.45, 7) is 3.24. The first kappa shape index (κ1) is 29.3. The van der Waals surface area contributed by atoms with Gasteiger partial charge in [0.05, 0.1) is 0 Å². The average Bonchev–Trinajstić information content (AvgIpc) is 2.60. The van der Waals surface area contributed by atoms with Crippen molar-refractivity contribution in [1.29, 1.82) is 0 Å². The summed E-state index contributed by atoms with van der Waals surface area (Å²) in [5.41, 5.74) is 0. The monoisotopic (exact) mass is 492 g/mol. The van der Waals surface area contributed by atoms with Crippen molar-refractivity contribution in [2.24, 2.45) is 0 Å². The lowest BCUT2D eigenvalue weighted by molar-refractivity contribution is -0.412. The van der Waals surface area contributed by atoms with E-state index in [0.29, 0.717) is 0 Å². The van der Waals surface area contributed by atoms with Crippen molar-refractivity contribution in [3.05, 3.63) is 0 Å². The summed E-state index contributed by atoms with van der Waals surface area (Å²) in [7, 11) is -4.16. The van der Waals surface area contributed by atoms with Crippen LogP contribution in [0.15, 0.2) is 0 Å². The maximum Gasteiger partial charge on any atom is 0.501 e. The standard InChI is InChI=1S/C14H20F12O3Si/c1-4-27-30(28-5-2,29-6-3)8-7-10(17,18)12(21,22)14(25,26)13(23,24)11(19,20)9(15)16/h9H,4-8H2,1-3H3. The molecule has 0 aliphatic carbocycles. The molecule has 0 aliphatic rings. The molecule has 0 aliphatic heterocycles. The van der Waals surface area contributed by atoms with Crippen LogP contribution in [0.2, 0.25) is 6.04 Å². The molecule has 16 heteroatoms. The minimum atomic E-state index is -7.55. The van der Waals surface area contributed by atoms with Gasteiger partial charge in [-0.1, -0.05) is 0 Å². The van der Waals surface area contributed by atoms with E-state index in [1.165, 1.54) is 20.8 Å². The summed E-state index contributed by atoms with van der Waals surface area (Å²) < 4.78 is 174. The fourth-order valence-corrected chi connectivity index (χ4v) is 4.86. The van der Waals surface area contributed by atoms with Gasteiger partial charge in [0, 0.05) is 32.3 Å². The van der Waals surface area contributed by atoms with E-state index < -0.39 is 57.3 Å². The Morgan fingerprint density at radius 2 is 1.00 bits per heavy atom. The molecular formula is C14H20F12O3Si. The third kappa shape index (κ3) is 5.18. The zero-order valence-corrected chi connectivity index (χ0v) is 16.9. The van der Waals surface area contributed by atoms with E-state index in [0.717, 1.165) is 0 Å². The molecule has 0 aromatic heterocycles.